The second kappa shape index (κ2) is 4.23. The van der Waals surface area contributed by atoms with E-state index in [0.717, 1.165) is 29.2 Å². The molecule has 0 N–H and O–H groups in total. The second-order valence-electron chi connectivity index (χ2n) is 3.36. The van der Waals surface area contributed by atoms with Crippen LogP contribution in [0, 0.1) is 0 Å². The molecule has 0 aliphatic carbocycles. The van der Waals surface area contributed by atoms with E-state index in [-0.39, 0.29) is 0 Å². The Morgan fingerprint density at radius 1 is 1.60 bits per heavy atom. The van der Waals surface area contributed by atoms with Crippen molar-refractivity contribution in [3.63, 3.8) is 0 Å². The molecule has 0 saturated carbocycles. The maximum Gasteiger partial charge on any atom is 0.153 e. The zero-order chi connectivity index (χ0) is 10.8. The van der Waals surface area contributed by atoms with Crippen molar-refractivity contribution in [1.29, 1.82) is 0 Å². The number of benzene rings is 1. The summed E-state index contributed by atoms with van der Waals surface area (Å²) in [6.45, 7) is 0.673. The number of aldehydes is 1. The van der Waals surface area contributed by atoms with E-state index < -0.39 is 0 Å². The Labute approximate surface area is 96.5 Å². The molecule has 0 saturated heterocycles. The van der Waals surface area contributed by atoms with Crippen LogP contribution in [0.1, 0.15) is 22.3 Å². The van der Waals surface area contributed by atoms with Gasteiger partial charge in [-0.1, -0.05) is 0 Å². The van der Waals surface area contributed by atoms with Crippen molar-refractivity contribution in [3.8, 4) is 11.5 Å². The molecule has 0 unspecified atom stereocenters. The minimum atomic E-state index is 0.560. The number of carbonyl (C=O) groups is 1. The van der Waals surface area contributed by atoms with Crippen LogP contribution in [0.25, 0.3) is 0 Å². The van der Waals surface area contributed by atoms with E-state index in [0.29, 0.717) is 23.7 Å². The predicted octanol–water partition coefficient (Wildman–Crippen LogP) is 2.60. The van der Waals surface area contributed by atoms with Crippen molar-refractivity contribution < 1.29 is 14.3 Å². The van der Waals surface area contributed by atoms with E-state index in [2.05, 4.69) is 15.9 Å². The molecule has 0 atom stereocenters. The monoisotopic (exact) mass is 270 g/mol. The summed E-state index contributed by atoms with van der Waals surface area (Å²) in [5.74, 6) is 1.38. The first-order chi connectivity index (χ1) is 7.27. The van der Waals surface area contributed by atoms with E-state index in [1.165, 1.54) is 0 Å². The quantitative estimate of drug-likeness (QED) is 0.775. The average Bonchev–Trinajstić information content (AvgIpc) is 2.30. The molecule has 2 rings (SSSR count). The Morgan fingerprint density at radius 2 is 2.40 bits per heavy atom. The Balaban J connectivity index is 2.63. The average molecular weight is 271 g/mol. The molecule has 0 spiro atoms. The zero-order valence-corrected chi connectivity index (χ0v) is 9.96. The van der Waals surface area contributed by atoms with Crippen molar-refractivity contribution >= 4 is 22.2 Å². The first-order valence-corrected chi connectivity index (χ1v) is 5.54. The van der Waals surface area contributed by atoms with Crippen molar-refractivity contribution in [2.45, 2.75) is 12.8 Å². The maximum absolute atomic E-state index is 10.9. The van der Waals surface area contributed by atoms with Crippen LogP contribution < -0.4 is 9.47 Å². The molecule has 0 bridgehead atoms. The smallest absolute Gasteiger partial charge is 0.153 e. The summed E-state index contributed by atoms with van der Waals surface area (Å²) >= 11 is 3.47. The summed E-state index contributed by atoms with van der Waals surface area (Å²) < 4.78 is 11.6. The van der Waals surface area contributed by atoms with E-state index >= 15 is 0 Å². The third-order valence-electron chi connectivity index (χ3n) is 2.47. The summed E-state index contributed by atoms with van der Waals surface area (Å²) in [5, 5.41) is 0. The van der Waals surface area contributed by atoms with Gasteiger partial charge in [-0.2, -0.15) is 0 Å². The second-order valence-corrected chi connectivity index (χ2v) is 4.15. The van der Waals surface area contributed by atoms with Gasteiger partial charge in [-0.25, -0.2) is 0 Å². The fourth-order valence-electron chi connectivity index (χ4n) is 1.75. The molecule has 3 nitrogen and oxygen atoms in total. The third kappa shape index (κ3) is 1.74. The number of ether oxygens (including phenoxy) is 2. The van der Waals surface area contributed by atoms with Gasteiger partial charge in [0.05, 0.1) is 23.8 Å². The van der Waals surface area contributed by atoms with Crippen molar-refractivity contribution in [2.24, 2.45) is 0 Å². The first-order valence-electron chi connectivity index (χ1n) is 4.75. The SMILES string of the molecule is COc1cc(C=O)c2c(c1Br)CCCO2. The molecule has 0 aromatic heterocycles. The number of hydrogen-bond acceptors (Lipinski definition) is 3. The number of rotatable bonds is 2. The molecule has 15 heavy (non-hydrogen) atoms. The van der Waals surface area contributed by atoms with E-state index in [9.17, 15) is 4.79 Å². The zero-order valence-electron chi connectivity index (χ0n) is 8.38. The lowest BCUT2D eigenvalue weighted by Crippen LogP contribution is -2.11. The maximum atomic E-state index is 10.9. The Bertz CT molecular complexity index is 401. The van der Waals surface area contributed by atoms with Crippen molar-refractivity contribution in [3.05, 3.63) is 21.7 Å². The number of halogens is 1. The van der Waals surface area contributed by atoms with Gasteiger partial charge in [0.2, 0.25) is 0 Å². The van der Waals surface area contributed by atoms with Crippen LogP contribution in [0.4, 0.5) is 0 Å². The van der Waals surface area contributed by atoms with Gasteiger partial charge in [-0.05, 0) is 34.8 Å². The lowest BCUT2D eigenvalue weighted by atomic mass is 10.0. The Hall–Kier alpha value is -1.03. The number of methoxy groups -OCH3 is 1. The van der Waals surface area contributed by atoms with Gasteiger partial charge in [0.25, 0.3) is 0 Å². The first kappa shape index (κ1) is 10.5. The van der Waals surface area contributed by atoms with Gasteiger partial charge in [0, 0.05) is 5.56 Å². The highest BCUT2D eigenvalue weighted by Gasteiger charge is 2.20. The molecule has 0 radical (unpaired) electrons. The molecular weight excluding hydrogens is 260 g/mol. The van der Waals surface area contributed by atoms with Crippen molar-refractivity contribution in [2.75, 3.05) is 13.7 Å². The predicted molar refractivity (Wildman–Crippen MR) is 59.9 cm³/mol. The number of carbonyl (C=O) groups excluding carboxylic acids is 1. The Morgan fingerprint density at radius 3 is 3.07 bits per heavy atom. The highest BCUT2D eigenvalue weighted by Crippen LogP contribution is 2.40. The lowest BCUT2D eigenvalue weighted by molar-refractivity contribution is 0.111. The molecule has 1 aromatic rings. The van der Waals surface area contributed by atoms with Gasteiger partial charge in [-0.3, -0.25) is 4.79 Å². The van der Waals surface area contributed by atoms with Gasteiger partial charge in [0.1, 0.15) is 11.5 Å². The molecule has 4 heteroatoms. The summed E-state index contributed by atoms with van der Waals surface area (Å²) in [6.07, 6.45) is 2.68. The molecule has 1 aromatic carbocycles. The standard InChI is InChI=1S/C11H11BrO3/c1-14-9-5-7(6-13)11-8(10(9)12)3-2-4-15-11/h5-6H,2-4H2,1H3. The highest BCUT2D eigenvalue weighted by atomic mass is 79.9. The normalized spacial score (nSPS) is 14.0. The van der Waals surface area contributed by atoms with Crippen LogP contribution >= 0.6 is 15.9 Å². The van der Waals surface area contributed by atoms with Gasteiger partial charge >= 0.3 is 0 Å². The molecule has 80 valence electrons. The minimum Gasteiger partial charge on any atom is -0.496 e. The summed E-state index contributed by atoms with van der Waals surface area (Å²) in [4.78, 5) is 10.9. The molecule has 0 amide bonds. The third-order valence-corrected chi connectivity index (χ3v) is 3.34. The van der Waals surface area contributed by atoms with Crippen LogP contribution in [-0.2, 0) is 6.42 Å². The molecular formula is C11H11BrO3. The largest absolute Gasteiger partial charge is 0.496 e. The van der Waals surface area contributed by atoms with Gasteiger partial charge in [-0.15, -0.1) is 0 Å². The number of hydrogen-bond donors (Lipinski definition) is 0. The fraction of sp³-hybridized carbons (Fsp3) is 0.364. The van der Waals surface area contributed by atoms with E-state index in [4.69, 9.17) is 9.47 Å². The van der Waals surface area contributed by atoms with Crippen molar-refractivity contribution in [1.82, 2.24) is 0 Å². The van der Waals surface area contributed by atoms with Gasteiger partial charge in [0.15, 0.2) is 6.29 Å². The summed E-state index contributed by atoms with van der Waals surface area (Å²) in [5.41, 5.74) is 1.59. The topological polar surface area (TPSA) is 35.5 Å². The fourth-order valence-corrected chi connectivity index (χ4v) is 2.40. The summed E-state index contributed by atoms with van der Waals surface area (Å²) in [7, 11) is 1.59. The van der Waals surface area contributed by atoms with Crippen LogP contribution in [-0.4, -0.2) is 20.0 Å². The van der Waals surface area contributed by atoms with Crippen LogP contribution in [0.15, 0.2) is 10.5 Å². The summed E-state index contributed by atoms with van der Waals surface area (Å²) in [6, 6.07) is 1.70. The molecule has 1 aliphatic rings. The van der Waals surface area contributed by atoms with E-state index in [1.54, 1.807) is 13.2 Å². The van der Waals surface area contributed by atoms with Crippen LogP contribution in [0.5, 0.6) is 11.5 Å². The van der Waals surface area contributed by atoms with E-state index in [1.807, 2.05) is 0 Å². The number of fused-ring (bicyclic) bond motifs is 1. The molecule has 1 heterocycles. The van der Waals surface area contributed by atoms with Crippen LogP contribution in [0.3, 0.4) is 0 Å². The highest BCUT2D eigenvalue weighted by molar-refractivity contribution is 9.10. The lowest BCUT2D eigenvalue weighted by Gasteiger charge is -2.21. The van der Waals surface area contributed by atoms with Crippen LogP contribution in [0.2, 0.25) is 0 Å². The molecule has 1 aliphatic heterocycles. The Kier molecular flexibility index (Phi) is 2.95. The molecule has 0 fully saturated rings. The minimum absolute atomic E-state index is 0.560. The van der Waals surface area contributed by atoms with Gasteiger partial charge < -0.3 is 9.47 Å².